The van der Waals surface area contributed by atoms with Crippen LogP contribution in [0.25, 0.3) is 10.9 Å². The molecule has 1 N–H and O–H groups in total. The predicted molar refractivity (Wildman–Crippen MR) is 80.6 cm³/mol. The van der Waals surface area contributed by atoms with E-state index in [0.717, 1.165) is 19.6 Å². The average molecular weight is 260 g/mol. The van der Waals surface area contributed by atoms with Crippen molar-refractivity contribution in [1.82, 2.24) is 9.88 Å². The molecule has 0 aliphatic rings. The van der Waals surface area contributed by atoms with Crippen LogP contribution in [0.15, 0.2) is 18.2 Å². The van der Waals surface area contributed by atoms with E-state index in [0.29, 0.717) is 6.61 Å². The van der Waals surface area contributed by atoms with Crippen LogP contribution >= 0.6 is 0 Å². The highest BCUT2D eigenvalue weighted by Crippen LogP contribution is 2.25. The van der Waals surface area contributed by atoms with E-state index >= 15 is 0 Å². The van der Waals surface area contributed by atoms with E-state index in [1.807, 2.05) is 6.92 Å². The molecule has 0 aliphatic heterocycles. The summed E-state index contributed by atoms with van der Waals surface area (Å²) in [5.74, 6) is 0. The van der Waals surface area contributed by atoms with Crippen molar-refractivity contribution in [3.63, 3.8) is 0 Å². The van der Waals surface area contributed by atoms with Gasteiger partial charge in [0.25, 0.3) is 0 Å². The van der Waals surface area contributed by atoms with Gasteiger partial charge in [0.15, 0.2) is 0 Å². The summed E-state index contributed by atoms with van der Waals surface area (Å²) >= 11 is 0. The lowest BCUT2D eigenvalue weighted by Crippen LogP contribution is -2.16. The molecule has 0 bridgehead atoms. The Morgan fingerprint density at radius 1 is 1.26 bits per heavy atom. The van der Waals surface area contributed by atoms with Crippen LogP contribution in [-0.2, 0) is 17.8 Å². The first-order valence-electron chi connectivity index (χ1n) is 6.94. The summed E-state index contributed by atoms with van der Waals surface area (Å²) in [6, 6.07) is 6.57. The standard InChI is InChI=1S/C16H24N2O/c1-5-19-11-14-13-10-12(2)6-7-15(13)17-16(14)8-9-18(3)4/h6-7,10,17H,5,8-9,11H2,1-4H3. The van der Waals surface area contributed by atoms with Crippen molar-refractivity contribution in [3.05, 3.63) is 35.0 Å². The fraction of sp³-hybridized carbons (Fsp3) is 0.500. The zero-order valence-corrected chi connectivity index (χ0v) is 12.4. The highest BCUT2D eigenvalue weighted by atomic mass is 16.5. The largest absolute Gasteiger partial charge is 0.377 e. The molecule has 0 saturated heterocycles. The van der Waals surface area contributed by atoms with Gasteiger partial charge in [-0.1, -0.05) is 11.6 Å². The van der Waals surface area contributed by atoms with Crippen molar-refractivity contribution in [2.45, 2.75) is 26.9 Å². The van der Waals surface area contributed by atoms with Gasteiger partial charge >= 0.3 is 0 Å². The molecular weight excluding hydrogens is 236 g/mol. The molecule has 0 fully saturated rings. The Balaban J connectivity index is 2.36. The minimum absolute atomic E-state index is 0.697. The molecule has 104 valence electrons. The molecule has 0 radical (unpaired) electrons. The lowest BCUT2D eigenvalue weighted by Gasteiger charge is -2.10. The van der Waals surface area contributed by atoms with E-state index in [2.05, 4.69) is 49.1 Å². The lowest BCUT2D eigenvalue weighted by atomic mass is 10.1. The summed E-state index contributed by atoms with van der Waals surface area (Å²) in [4.78, 5) is 5.76. The number of ether oxygens (including phenoxy) is 1. The van der Waals surface area contributed by atoms with Crippen molar-refractivity contribution in [1.29, 1.82) is 0 Å². The number of hydrogen-bond acceptors (Lipinski definition) is 2. The molecule has 2 aromatic rings. The van der Waals surface area contributed by atoms with E-state index in [1.165, 1.54) is 27.7 Å². The van der Waals surface area contributed by atoms with E-state index in [9.17, 15) is 0 Å². The van der Waals surface area contributed by atoms with Crippen LogP contribution in [0, 0.1) is 6.92 Å². The van der Waals surface area contributed by atoms with Gasteiger partial charge in [0.1, 0.15) is 0 Å². The van der Waals surface area contributed by atoms with Crippen molar-refractivity contribution in [2.24, 2.45) is 0 Å². The molecule has 0 amide bonds. The van der Waals surface area contributed by atoms with Crippen molar-refractivity contribution < 1.29 is 4.74 Å². The second-order valence-electron chi connectivity index (χ2n) is 5.32. The summed E-state index contributed by atoms with van der Waals surface area (Å²) in [6.45, 7) is 6.68. The Labute approximate surface area is 115 Å². The fourth-order valence-corrected chi connectivity index (χ4v) is 2.34. The minimum Gasteiger partial charge on any atom is -0.377 e. The van der Waals surface area contributed by atoms with Crippen LogP contribution < -0.4 is 0 Å². The predicted octanol–water partition coefficient (Wildman–Crippen LogP) is 3.12. The number of benzene rings is 1. The first-order valence-corrected chi connectivity index (χ1v) is 6.94. The zero-order chi connectivity index (χ0) is 13.8. The lowest BCUT2D eigenvalue weighted by molar-refractivity contribution is 0.134. The normalized spacial score (nSPS) is 11.6. The van der Waals surface area contributed by atoms with Gasteiger partial charge < -0.3 is 14.6 Å². The molecule has 0 aliphatic carbocycles. The smallest absolute Gasteiger partial charge is 0.0740 e. The maximum absolute atomic E-state index is 5.64. The van der Waals surface area contributed by atoms with Crippen LogP contribution in [0.1, 0.15) is 23.7 Å². The minimum atomic E-state index is 0.697. The summed E-state index contributed by atoms with van der Waals surface area (Å²) in [5.41, 5.74) is 5.14. The molecule has 2 rings (SSSR count). The van der Waals surface area contributed by atoms with Gasteiger partial charge in [-0.15, -0.1) is 0 Å². The number of rotatable bonds is 6. The topological polar surface area (TPSA) is 28.3 Å². The number of H-pyrrole nitrogens is 1. The molecule has 1 heterocycles. The monoisotopic (exact) mass is 260 g/mol. The number of aromatic nitrogens is 1. The Hall–Kier alpha value is -1.32. The molecule has 0 saturated carbocycles. The van der Waals surface area contributed by atoms with Gasteiger partial charge in [-0.2, -0.15) is 0 Å². The molecule has 3 heteroatoms. The van der Waals surface area contributed by atoms with Crippen LogP contribution in [0.3, 0.4) is 0 Å². The molecule has 0 atom stereocenters. The fourth-order valence-electron chi connectivity index (χ4n) is 2.34. The SMILES string of the molecule is CCOCc1c(CCN(C)C)[nH]c2ccc(C)cc12. The van der Waals surface area contributed by atoms with Crippen molar-refractivity contribution in [3.8, 4) is 0 Å². The third kappa shape index (κ3) is 3.37. The zero-order valence-electron chi connectivity index (χ0n) is 12.4. The summed E-state index contributed by atoms with van der Waals surface area (Å²) < 4.78 is 5.64. The van der Waals surface area contributed by atoms with Crippen LogP contribution in [-0.4, -0.2) is 37.1 Å². The second kappa shape index (κ2) is 6.22. The van der Waals surface area contributed by atoms with E-state index in [-0.39, 0.29) is 0 Å². The van der Waals surface area contributed by atoms with Gasteiger partial charge in [-0.3, -0.25) is 0 Å². The quantitative estimate of drug-likeness (QED) is 0.864. The van der Waals surface area contributed by atoms with Gasteiger partial charge in [0.05, 0.1) is 6.61 Å². The van der Waals surface area contributed by atoms with Crippen LogP contribution in [0.2, 0.25) is 0 Å². The van der Waals surface area contributed by atoms with Gasteiger partial charge in [0.2, 0.25) is 0 Å². The molecule has 1 aromatic heterocycles. The number of hydrogen-bond donors (Lipinski definition) is 1. The van der Waals surface area contributed by atoms with Crippen molar-refractivity contribution in [2.75, 3.05) is 27.2 Å². The number of nitrogens with zero attached hydrogens (tertiary/aromatic N) is 1. The number of fused-ring (bicyclic) bond motifs is 1. The van der Waals surface area contributed by atoms with Gasteiger partial charge in [-0.05, 0) is 40.1 Å². The molecular formula is C16H24N2O. The first kappa shape index (κ1) is 14.1. The summed E-state index contributed by atoms with van der Waals surface area (Å²) in [6.07, 6.45) is 1.03. The van der Waals surface area contributed by atoms with Gasteiger partial charge in [-0.25, -0.2) is 0 Å². The highest BCUT2D eigenvalue weighted by molar-refractivity contribution is 5.85. The number of likely N-dealkylation sites (N-methyl/N-ethyl adjacent to an activating group) is 1. The molecule has 19 heavy (non-hydrogen) atoms. The van der Waals surface area contributed by atoms with E-state index in [1.54, 1.807) is 0 Å². The molecule has 3 nitrogen and oxygen atoms in total. The molecule has 1 aromatic carbocycles. The number of aromatic amines is 1. The Bertz CT molecular complexity index is 543. The first-order chi connectivity index (χ1) is 9.11. The number of nitrogens with one attached hydrogen (secondary N) is 1. The Kier molecular flexibility index (Phi) is 4.61. The van der Waals surface area contributed by atoms with E-state index < -0.39 is 0 Å². The maximum Gasteiger partial charge on any atom is 0.0740 e. The average Bonchev–Trinajstić information content (AvgIpc) is 2.71. The van der Waals surface area contributed by atoms with Crippen LogP contribution in [0.5, 0.6) is 0 Å². The van der Waals surface area contributed by atoms with Gasteiger partial charge in [0, 0.05) is 41.7 Å². The van der Waals surface area contributed by atoms with E-state index in [4.69, 9.17) is 4.74 Å². The number of aryl methyl sites for hydroxylation is 1. The third-order valence-corrected chi connectivity index (χ3v) is 3.41. The highest BCUT2D eigenvalue weighted by Gasteiger charge is 2.11. The Morgan fingerprint density at radius 2 is 2.05 bits per heavy atom. The Morgan fingerprint density at radius 3 is 2.74 bits per heavy atom. The molecule has 0 unspecified atom stereocenters. The maximum atomic E-state index is 5.64. The summed E-state index contributed by atoms with van der Waals surface area (Å²) in [5, 5.41) is 1.31. The summed E-state index contributed by atoms with van der Waals surface area (Å²) in [7, 11) is 4.21. The molecule has 0 spiro atoms. The van der Waals surface area contributed by atoms with Crippen LogP contribution in [0.4, 0.5) is 0 Å². The second-order valence-corrected chi connectivity index (χ2v) is 5.32. The van der Waals surface area contributed by atoms with Crippen molar-refractivity contribution >= 4 is 10.9 Å². The third-order valence-electron chi connectivity index (χ3n) is 3.41.